The lowest BCUT2D eigenvalue weighted by molar-refractivity contribution is 0.217. The van der Waals surface area contributed by atoms with Crippen molar-refractivity contribution in [1.29, 1.82) is 0 Å². The van der Waals surface area contributed by atoms with E-state index in [1.807, 2.05) is 66.7 Å². The molecule has 0 saturated heterocycles. The minimum Gasteiger partial charge on any atom is -0.490 e. The van der Waals surface area contributed by atoms with Crippen LogP contribution in [0.3, 0.4) is 0 Å². The highest BCUT2D eigenvalue weighted by molar-refractivity contribution is 7.80. The average molecular weight is 462 g/mol. The van der Waals surface area contributed by atoms with Gasteiger partial charge in [0.2, 0.25) is 0 Å². The Morgan fingerprint density at radius 3 is 2.27 bits per heavy atom. The SMILES string of the molecule is CC(C)(C)c1ccc(OCCOc2ccccc2/C=N\NC(=S)NCc2ccccc2)cc1. The minimum absolute atomic E-state index is 0.128. The Labute approximate surface area is 201 Å². The Kier molecular flexibility index (Phi) is 8.84. The van der Waals surface area contributed by atoms with Crippen LogP contribution in [0.1, 0.15) is 37.5 Å². The molecular weight excluding hydrogens is 430 g/mol. The summed E-state index contributed by atoms with van der Waals surface area (Å²) >= 11 is 5.28. The molecule has 2 N–H and O–H groups in total. The number of nitrogens with one attached hydrogen (secondary N) is 2. The number of nitrogens with zero attached hydrogens (tertiary/aromatic N) is 1. The number of para-hydroxylation sites is 1. The van der Waals surface area contributed by atoms with Crippen molar-refractivity contribution in [2.45, 2.75) is 32.7 Å². The van der Waals surface area contributed by atoms with Crippen LogP contribution in [-0.4, -0.2) is 24.5 Å². The third kappa shape index (κ3) is 8.24. The van der Waals surface area contributed by atoms with Gasteiger partial charge >= 0.3 is 0 Å². The molecule has 0 spiro atoms. The Hall–Kier alpha value is -3.38. The van der Waals surface area contributed by atoms with Crippen LogP contribution in [0.5, 0.6) is 11.5 Å². The van der Waals surface area contributed by atoms with Crippen molar-refractivity contribution in [1.82, 2.24) is 10.7 Å². The van der Waals surface area contributed by atoms with Crippen LogP contribution < -0.4 is 20.2 Å². The standard InChI is InChI=1S/C27H31N3O2S/c1-27(2,3)23-13-15-24(16-14-23)31-17-18-32-25-12-8-7-11-22(25)20-29-30-26(33)28-19-21-9-5-4-6-10-21/h4-16,20H,17-19H2,1-3H3,(H2,28,30,33)/b29-20-. The zero-order valence-electron chi connectivity index (χ0n) is 19.4. The second kappa shape index (κ2) is 12.0. The Morgan fingerprint density at radius 1 is 0.879 bits per heavy atom. The van der Waals surface area contributed by atoms with E-state index in [4.69, 9.17) is 21.7 Å². The summed E-state index contributed by atoms with van der Waals surface area (Å²) < 4.78 is 11.7. The van der Waals surface area contributed by atoms with Gasteiger partial charge in [0, 0.05) is 12.1 Å². The van der Waals surface area contributed by atoms with Gasteiger partial charge in [0.05, 0.1) is 6.21 Å². The van der Waals surface area contributed by atoms with Crippen molar-refractivity contribution < 1.29 is 9.47 Å². The quantitative estimate of drug-likeness (QED) is 0.192. The van der Waals surface area contributed by atoms with Crippen molar-refractivity contribution in [2.75, 3.05) is 13.2 Å². The van der Waals surface area contributed by atoms with Crippen molar-refractivity contribution in [2.24, 2.45) is 5.10 Å². The monoisotopic (exact) mass is 461 g/mol. The molecule has 5 nitrogen and oxygen atoms in total. The van der Waals surface area contributed by atoms with Crippen LogP contribution in [0.4, 0.5) is 0 Å². The first-order chi connectivity index (χ1) is 15.9. The second-order valence-corrected chi connectivity index (χ2v) is 8.96. The fraction of sp³-hybridized carbons (Fsp3) is 0.259. The maximum Gasteiger partial charge on any atom is 0.187 e. The lowest BCUT2D eigenvalue weighted by Crippen LogP contribution is -2.31. The van der Waals surface area contributed by atoms with E-state index in [1.165, 1.54) is 5.56 Å². The molecule has 0 saturated carbocycles. The van der Waals surface area contributed by atoms with Crippen LogP contribution in [0.15, 0.2) is 84.0 Å². The van der Waals surface area contributed by atoms with E-state index in [9.17, 15) is 0 Å². The van der Waals surface area contributed by atoms with Gasteiger partial charge in [0.25, 0.3) is 0 Å². The number of hydrazone groups is 1. The van der Waals surface area contributed by atoms with Crippen LogP contribution in [0.25, 0.3) is 0 Å². The smallest absolute Gasteiger partial charge is 0.187 e. The molecule has 0 aromatic heterocycles. The molecule has 0 bridgehead atoms. The van der Waals surface area contributed by atoms with Gasteiger partial charge in [-0.3, -0.25) is 5.43 Å². The second-order valence-electron chi connectivity index (χ2n) is 8.55. The number of thiocarbonyl (C=S) groups is 1. The maximum atomic E-state index is 5.91. The van der Waals surface area contributed by atoms with Gasteiger partial charge in [-0.05, 0) is 53.0 Å². The fourth-order valence-corrected chi connectivity index (χ4v) is 3.18. The molecule has 0 heterocycles. The molecule has 172 valence electrons. The molecule has 3 aromatic rings. The summed E-state index contributed by atoms with van der Waals surface area (Å²) in [5, 5.41) is 7.81. The molecule has 0 atom stereocenters. The summed E-state index contributed by atoms with van der Waals surface area (Å²) in [6.07, 6.45) is 1.69. The van der Waals surface area contributed by atoms with E-state index in [-0.39, 0.29) is 5.41 Å². The summed E-state index contributed by atoms with van der Waals surface area (Å²) in [5.74, 6) is 1.57. The molecular formula is C27H31N3O2S. The Bertz CT molecular complexity index is 1040. The summed E-state index contributed by atoms with van der Waals surface area (Å²) in [4.78, 5) is 0. The predicted molar refractivity (Wildman–Crippen MR) is 139 cm³/mol. The maximum absolute atomic E-state index is 5.91. The zero-order valence-corrected chi connectivity index (χ0v) is 20.2. The van der Waals surface area contributed by atoms with Gasteiger partial charge in [-0.1, -0.05) is 75.4 Å². The van der Waals surface area contributed by atoms with E-state index in [0.717, 1.165) is 22.6 Å². The van der Waals surface area contributed by atoms with E-state index >= 15 is 0 Å². The van der Waals surface area contributed by atoms with Crippen LogP contribution >= 0.6 is 12.2 Å². The van der Waals surface area contributed by atoms with E-state index < -0.39 is 0 Å². The van der Waals surface area contributed by atoms with Crippen LogP contribution in [0, 0.1) is 0 Å². The van der Waals surface area contributed by atoms with Crippen molar-refractivity contribution in [3.63, 3.8) is 0 Å². The molecule has 0 aliphatic heterocycles. The summed E-state index contributed by atoms with van der Waals surface area (Å²) in [5.41, 5.74) is 6.25. The van der Waals surface area contributed by atoms with Crippen LogP contribution in [0.2, 0.25) is 0 Å². The summed E-state index contributed by atoms with van der Waals surface area (Å²) in [6.45, 7) is 8.11. The molecule has 3 aromatic carbocycles. The molecule has 6 heteroatoms. The molecule has 3 rings (SSSR count). The lowest BCUT2D eigenvalue weighted by Gasteiger charge is -2.19. The first kappa shape index (κ1) is 24.3. The summed E-state index contributed by atoms with van der Waals surface area (Å²) in [6, 6.07) is 26.0. The topological polar surface area (TPSA) is 54.9 Å². The first-order valence-corrected chi connectivity index (χ1v) is 11.4. The first-order valence-electron chi connectivity index (χ1n) is 11.0. The van der Waals surface area contributed by atoms with Crippen molar-refractivity contribution in [3.05, 3.63) is 95.6 Å². The lowest BCUT2D eigenvalue weighted by atomic mass is 9.87. The normalized spacial score (nSPS) is 11.2. The molecule has 33 heavy (non-hydrogen) atoms. The average Bonchev–Trinajstić information content (AvgIpc) is 2.82. The third-order valence-electron chi connectivity index (χ3n) is 4.91. The molecule has 0 radical (unpaired) electrons. The molecule has 0 fully saturated rings. The Balaban J connectivity index is 1.43. The number of benzene rings is 3. The fourth-order valence-electron chi connectivity index (χ4n) is 3.06. The zero-order chi connectivity index (χ0) is 23.5. The minimum atomic E-state index is 0.128. The predicted octanol–water partition coefficient (Wildman–Crippen LogP) is 5.44. The highest BCUT2D eigenvalue weighted by Gasteiger charge is 2.12. The number of hydrogen-bond donors (Lipinski definition) is 2. The third-order valence-corrected chi connectivity index (χ3v) is 5.15. The van der Waals surface area contributed by atoms with Crippen molar-refractivity contribution >= 4 is 23.5 Å². The van der Waals surface area contributed by atoms with Gasteiger partial charge in [-0.15, -0.1) is 0 Å². The van der Waals surface area contributed by atoms with Gasteiger partial charge in [-0.2, -0.15) is 5.10 Å². The van der Waals surface area contributed by atoms with Gasteiger partial charge in [0.15, 0.2) is 5.11 Å². The van der Waals surface area contributed by atoms with E-state index in [2.05, 4.69) is 48.7 Å². The van der Waals surface area contributed by atoms with Crippen LogP contribution in [-0.2, 0) is 12.0 Å². The van der Waals surface area contributed by atoms with Gasteiger partial charge in [0.1, 0.15) is 24.7 Å². The number of rotatable bonds is 9. The Morgan fingerprint density at radius 2 is 1.55 bits per heavy atom. The largest absolute Gasteiger partial charge is 0.490 e. The highest BCUT2D eigenvalue weighted by atomic mass is 32.1. The number of ether oxygens (including phenoxy) is 2. The van der Waals surface area contributed by atoms with E-state index in [0.29, 0.717) is 24.9 Å². The molecule has 0 aliphatic carbocycles. The van der Waals surface area contributed by atoms with E-state index in [1.54, 1.807) is 6.21 Å². The molecule has 0 amide bonds. The molecule has 0 unspecified atom stereocenters. The highest BCUT2D eigenvalue weighted by Crippen LogP contribution is 2.24. The van der Waals surface area contributed by atoms with Crippen molar-refractivity contribution in [3.8, 4) is 11.5 Å². The van der Waals surface area contributed by atoms with Gasteiger partial charge < -0.3 is 14.8 Å². The number of hydrogen-bond acceptors (Lipinski definition) is 4. The van der Waals surface area contributed by atoms with Gasteiger partial charge in [-0.25, -0.2) is 0 Å². The molecule has 0 aliphatic rings. The summed E-state index contributed by atoms with van der Waals surface area (Å²) in [7, 11) is 0.